The lowest BCUT2D eigenvalue weighted by Gasteiger charge is -2.04. The van der Waals surface area contributed by atoms with Crippen LogP contribution in [0.25, 0.3) is 10.9 Å². The number of ether oxygens (including phenoxy) is 1. The summed E-state index contributed by atoms with van der Waals surface area (Å²) in [7, 11) is 0. The van der Waals surface area contributed by atoms with Crippen molar-refractivity contribution >= 4 is 34.4 Å². The second-order valence-corrected chi connectivity index (χ2v) is 6.41. The molecule has 0 amide bonds. The molecule has 5 heteroatoms. The van der Waals surface area contributed by atoms with Crippen molar-refractivity contribution in [2.24, 2.45) is 0 Å². The second kappa shape index (κ2) is 7.84. The molecule has 0 fully saturated rings. The van der Waals surface area contributed by atoms with Gasteiger partial charge >= 0.3 is 5.97 Å². The number of aromatic nitrogens is 1. The minimum Gasteiger partial charge on any atom is -0.457 e. The molecule has 0 saturated heterocycles. The number of benzene rings is 2. The van der Waals surface area contributed by atoms with Crippen LogP contribution in [0.1, 0.15) is 16.8 Å². The van der Waals surface area contributed by atoms with Gasteiger partial charge in [0.15, 0.2) is 6.61 Å². The normalized spacial score (nSPS) is 10.7. The zero-order valence-electron chi connectivity index (χ0n) is 13.0. The number of aromatic amines is 1. The van der Waals surface area contributed by atoms with E-state index in [9.17, 15) is 9.59 Å². The van der Waals surface area contributed by atoms with Gasteiger partial charge < -0.3 is 9.72 Å². The first kappa shape index (κ1) is 16.3. The molecule has 0 radical (unpaired) electrons. The van der Waals surface area contributed by atoms with Crippen LogP contribution in [0.4, 0.5) is 0 Å². The number of hydrogen-bond donors (Lipinski definition) is 1. The van der Waals surface area contributed by atoms with Crippen molar-refractivity contribution in [3.63, 3.8) is 0 Å². The first-order valence-corrected chi connectivity index (χ1v) is 8.65. The molecule has 24 heavy (non-hydrogen) atoms. The molecule has 0 bridgehead atoms. The Labute approximate surface area is 144 Å². The van der Waals surface area contributed by atoms with Crippen molar-refractivity contribution in [2.45, 2.75) is 11.3 Å². The summed E-state index contributed by atoms with van der Waals surface area (Å²) in [5.74, 6) is 0.0764. The standard InChI is InChI=1S/C19H17NO3S/c21-18(16-12-20-17-9-5-4-8-15(16)17)13-23-19(22)10-11-24-14-6-2-1-3-7-14/h1-9,12,20H,10-11,13H2. The number of rotatable bonds is 7. The summed E-state index contributed by atoms with van der Waals surface area (Å²) in [6, 6.07) is 17.4. The Morgan fingerprint density at radius 2 is 1.75 bits per heavy atom. The summed E-state index contributed by atoms with van der Waals surface area (Å²) in [5.41, 5.74) is 1.45. The van der Waals surface area contributed by atoms with Crippen LogP contribution in [0.5, 0.6) is 0 Å². The number of esters is 1. The highest BCUT2D eigenvalue weighted by Crippen LogP contribution is 2.19. The zero-order chi connectivity index (χ0) is 16.8. The fourth-order valence-corrected chi connectivity index (χ4v) is 3.22. The van der Waals surface area contributed by atoms with Gasteiger partial charge in [0.2, 0.25) is 5.78 Å². The Bertz CT molecular complexity index is 842. The summed E-state index contributed by atoms with van der Waals surface area (Å²) in [6.45, 7) is -0.226. The number of H-pyrrole nitrogens is 1. The van der Waals surface area contributed by atoms with E-state index >= 15 is 0 Å². The Morgan fingerprint density at radius 1 is 1.00 bits per heavy atom. The highest BCUT2D eigenvalue weighted by atomic mass is 32.2. The third-order valence-electron chi connectivity index (χ3n) is 3.57. The molecule has 0 atom stereocenters. The minimum absolute atomic E-state index is 0.198. The maximum Gasteiger partial charge on any atom is 0.307 e. The Kier molecular flexibility index (Phi) is 5.33. The fourth-order valence-electron chi connectivity index (χ4n) is 2.37. The molecular formula is C19H17NO3S. The topological polar surface area (TPSA) is 59.2 Å². The van der Waals surface area contributed by atoms with E-state index in [0.717, 1.165) is 15.8 Å². The molecule has 0 aliphatic carbocycles. The van der Waals surface area contributed by atoms with Crippen molar-refractivity contribution in [1.82, 2.24) is 4.98 Å². The van der Waals surface area contributed by atoms with Gasteiger partial charge in [0.1, 0.15) is 0 Å². The summed E-state index contributed by atoms with van der Waals surface area (Å²) in [4.78, 5) is 28.1. The van der Waals surface area contributed by atoms with Crippen LogP contribution in [0, 0.1) is 0 Å². The molecule has 4 nitrogen and oxygen atoms in total. The first-order chi connectivity index (χ1) is 11.7. The maximum absolute atomic E-state index is 12.2. The Balaban J connectivity index is 1.46. The molecule has 0 saturated carbocycles. The summed E-state index contributed by atoms with van der Waals surface area (Å²) in [6.07, 6.45) is 1.94. The lowest BCUT2D eigenvalue weighted by Crippen LogP contribution is -2.14. The van der Waals surface area contributed by atoms with Crippen molar-refractivity contribution in [3.8, 4) is 0 Å². The van der Waals surface area contributed by atoms with Crippen LogP contribution >= 0.6 is 11.8 Å². The smallest absolute Gasteiger partial charge is 0.307 e. The van der Waals surface area contributed by atoms with E-state index in [-0.39, 0.29) is 24.8 Å². The predicted octanol–water partition coefficient (Wildman–Crippen LogP) is 4.08. The van der Waals surface area contributed by atoms with Crippen molar-refractivity contribution in [3.05, 3.63) is 66.4 Å². The van der Waals surface area contributed by atoms with Crippen molar-refractivity contribution < 1.29 is 14.3 Å². The maximum atomic E-state index is 12.2. The van der Waals surface area contributed by atoms with Gasteiger partial charge in [0.05, 0.1) is 6.42 Å². The van der Waals surface area contributed by atoms with Crippen LogP contribution in [0.2, 0.25) is 0 Å². The van der Waals surface area contributed by atoms with Crippen LogP contribution in [-0.2, 0) is 9.53 Å². The molecule has 0 spiro atoms. The van der Waals surface area contributed by atoms with Crippen LogP contribution < -0.4 is 0 Å². The highest BCUT2D eigenvalue weighted by Gasteiger charge is 2.14. The average Bonchev–Trinajstić information content (AvgIpc) is 3.05. The van der Waals surface area contributed by atoms with E-state index < -0.39 is 0 Å². The zero-order valence-corrected chi connectivity index (χ0v) is 13.8. The number of para-hydroxylation sites is 1. The van der Waals surface area contributed by atoms with E-state index in [1.807, 2.05) is 54.6 Å². The van der Waals surface area contributed by atoms with Crippen molar-refractivity contribution in [1.29, 1.82) is 0 Å². The molecule has 2 aromatic carbocycles. The molecule has 1 heterocycles. The number of thioether (sulfide) groups is 1. The largest absolute Gasteiger partial charge is 0.457 e. The number of ketones is 1. The van der Waals surface area contributed by atoms with Crippen molar-refractivity contribution in [2.75, 3.05) is 12.4 Å². The summed E-state index contributed by atoms with van der Waals surface area (Å²) in [5, 5.41) is 0.846. The van der Waals surface area contributed by atoms with Gasteiger partial charge in [-0.05, 0) is 18.2 Å². The number of fused-ring (bicyclic) bond motifs is 1. The fraction of sp³-hybridized carbons (Fsp3) is 0.158. The molecule has 0 unspecified atom stereocenters. The van der Waals surface area contributed by atoms with Crippen LogP contribution in [-0.4, -0.2) is 29.1 Å². The summed E-state index contributed by atoms with van der Waals surface area (Å²) < 4.78 is 5.10. The van der Waals surface area contributed by atoms with E-state index in [1.54, 1.807) is 18.0 Å². The highest BCUT2D eigenvalue weighted by molar-refractivity contribution is 7.99. The van der Waals surface area contributed by atoms with E-state index in [2.05, 4.69) is 4.98 Å². The predicted molar refractivity (Wildman–Crippen MR) is 95.4 cm³/mol. The van der Waals surface area contributed by atoms with Gasteiger partial charge in [0, 0.05) is 33.3 Å². The number of Topliss-reactive ketones (excluding diaryl/α,β-unsaturated/α-hetero) is 1. The van der Waals surface area contributed by atoms with Gasteiger partial charge in [-0.2, -0.15) is 0 Å². The minimum atomic E-state index is -0.355. The Morgan fingerprint density at radius 3 is 2.58 bits per heavy atom. The van der Waals surface area contributed by atoms with Gasteiger partial charge in [-0.3, -0.25) is 9.59 Å². The molecule has 0 aliphatic heterocycles. The lowest BCUT2D eigenvalue weighted by atomic mass is 10.1. The van der Waals surface area contributed by atoms with E-state index in [0.29, 0.717) is 11.3 Å². The van der Waals surface area contributed by atoms with Gasteiger partial charge in [0.25, 0.3) is 0 Å². The summed E-state index contributed by atoms with van der Waals surface area (Å²) >= 11 is 1.59. The second-order valence-electron chi connectivity index (χ2n) is 5.24. The van der Waals surface area contributed by atoms with Gasteiger partial charge in [-0.15, -0.1) is 11.8 Å². The number of carbonyl (C=O) groups is 2. The third kappa shape index (κ3) is 4.06. The van der Waals surface area contributed by atoms with Crippen LogP contribution in [0.3, 0.4) is 0 Å². The van der Waals surface area contributed by atoms with E-state index in [4.69, 9.17) is 4.74 Å². The van der Waals surface area contributed by atoms with Crippen LogP contribution in [0.15, 0.2) is 65.7 Å². The monoisotopic (exact) mass is 339 g/mol. The number of carbonyl (C=O) groups excluding carboxylic acids is 2. The first-order valence-electron chi connectivity index (χ1n) is 7.67. The van der Waals surface area contributed by atoms with Gasteiger partial charge in [-0.25, -0.2) is 0 Å². The molecule has 1 N–H and O–H groups in total. The molecule has 3 rings (SSSR count). The average molecular weight is 339 g/mol. The molecule has 0 aliphatic rings. The van der Waals surface area contributed by atoms with E-state index in [1.165, 1.54) is 0 Å². The SMILES string of the molecule is O=C(CCSc1ccccc1)OCC(=O)c1c[nH]c2ccccc12. The van der Waals surface area contributed by atoms with Gasteiger partial charge in [-0.1, -0.05) is 36.4 Å². The number of nitrogens with one attached hydrogen (secondary N) is 1. The Hall–Kier alpha value is -2.53. The third-order valence-corrected chi connectivity index (χ3v) is 4.59. The molecule has 3 aromatic rings. The number of hydrogen-bond acceptors (Lipinski definition) is 4. The lowest BCUT2D eigenvalue weighted by molar-refractivity contribution is -0.141. The molecular weight excluding hydrogens is 322 g/mol. The molecule has 122 valence electrons. The molecule has 1 aromatic heterocycles. The quantitative estimate of drug-likeness (QED) is 0.400.